The van der Waals surface area contributed by atoms with E-state index in [0.29, 0.717) is 35.7 Å². The molecule has 1 amide bonds. The predicted molar refractivity (Wildman–Crippen MR) is 149 cm³/mol. The lowest BCUT2D eigenvalue weighted by Crippen LogP contribution is -2.19. The molecule has 0 saturated carbocycles. The summed E-state index contributed by atoms with van der Waals surface area (Å²) in [5, 5.41) is 6.74. The van der Waals surface area contributed by atoms with Crippen molar-refractivity contribution < 1.29 is 14.3 Å². The first kappa shape index (κ1) is 27.5. The van der Waals surface area contributed by atoms with E-state index >= 15 is 0 Å². The van der Waals surface area contributed by atoms with Gasteiger partial charge in [0.05, 0.1) is 35.3 Å². The number of nitrogens with one attached hydrogen (secondary N) is 1. The number of hydrogen-bond donors (Lipinski definition) is 1. The summed E-state index contributed by atoms with van der Waals surface area (Å²) in [6.07, 6.45) is 2.53. The van der Waals surface area contributed by atoms with Crippen LogP contribution in [-0.2, 0) is 4.79 Å². The normalized spacial score (nSPS) is 11.3. The smallest absolute Gasteiger partial charge is 0.250 e. The number of carbonyl (C=O) groups is 1. The summed E-state index contributed by atoms with van der Waals surface area (Å²) in [5.74, 6) is 1.85. The number of thioether (sulfide) groups is 1. The van der Waals surface area contributed by atoms with Crippen molar-refractivity contribution in [3.05, 3.63) is 56.8 Å². The maximum atomic E-state index is 12.2. The molecule has 0 aliphatic rings. The van der Waals surface area contributed by atoms with Crippen LogP contribution in [0.4, 0.5) is 0 Å². The molecule has 2 aromatic carbocycles. The Morgan fingerprint density at radius 2 is 2.06 bits per heavy atom. The Morgan fingerprint density at radius 1 is 1.29 bits per heavy atom. The number of hydrogen-bond acceptors (Lipinski definition) is 7. The van der Waals surface area contributed by atoms with Crippen molar-refractivity contribution in [3.63, 3.8) is 0 Å². The fourth-order valence-corrected chi connectivity index (χ4v) is 5.21. The van der Waals surface area contributed by atoms with Gasteiger partial charge >= 0.3 is 0 Å². The highest BCUT2D eigenvalue weighted by atomic mass is 79.9. The van der Waals surface area contributed by atoms with Gasteiger partial charge in [-0.15, -0.1) is 11.3 Å². The molecule has 0 unspecified atom stereocenters. The van der Waals surface area contributed by atoms with E-state index in [1.54, 1.807) is 6.21 Å². The number of rotatable bonds is 12. The standard InChI is InChI=1S/C25H27BrClN3O3S2/c1-4-32-22-12-17(11-20(26)24(22)33-10-9-16(2)3)13-28-30-23(31)15-35-25-29-21(14-34-25)18-5-7-19(27)8-6-18/h5-8,11-14,16H,4,9-10,15H2,1-3H3,(H,30,31)/b28-13+. The molecule has 0 saturated heterocycles. The molecule has 0 spiro atoms. The van der Waals surface area contributed by atoms with Gasteiger partial charge in [-0.2, -0.15) is 5.10 Å². The van der Waals surface area contributed by atoms with E-state index in [0.717, 1.165) is 32.1 Å². The zero-order valence-corrected chi connectivity index (χ0v) is 23.7. The molecule has 0 atom stereocenters. The zero-order chi connectivity index (χ0) is 25.2. The van der Waals surface area contributed by atoms with Crippen LogP contribution in [0.5, 0.6) is 11.5 Å². The van der Waals surface area contributed by atoms with Crippen molar-refractivity contribution in [1.29, 1.82) is 0 Å². The Bertz CT molecular complexity index is 1150. The van der Waals surface area contributed by atoms with Gasteiger partial charge in [0.2, 0.25) is 0 Å². The molecular weight excluding hydrogens is 570 g/mol. The molecular formula is C25H27BrClN3O3S2. The molecule has 6 nitrogen and oxygen atoms in total. The lowest BCUT2D eigenvalue weighted by molar-refractivity contribution is -0.118. The third-order valence-electron chi connectivity index (χ3n) is 4.63. The fourth-order valence-electron chi connectivity index (χ4n) is 2.88. The monoisotopic (exact) mass is 595 g/mol. The molecule has 0 aliphatic carbocycles. The van der Waals surface area contributed by atoms with Crippen molar-refractivity contribution in [3.8, 4) is 22.8 Å². The van der Waals surface area contributed by atoms with Crippen LogP contribution < -0.4 is 14.9 Å². The second-order valence-corrected chi connectivity index (χ2v) is 11.3. The lowest BCUT2D eigenvalue weighted by atomic mass is 10.1. The second kappa shape index (κ2) is 13.9. The molecule has 186 valence electrons. The molecule has 0 fully saturated rings. The van der Waals surface area contributed by atoms with E-state index in [-0.39, 0.29) is 11.7 Å². The van der Waals surface area contributed by atoms with Crippen molar-refractivity contribution in [2.45, 2.75) is 31.5 Å². The Morgan fingerprint density at radius 3 is 2.77 bits per heavy atom. The Kier molecular flexibility index (Phi) is 10.9. The van der Waals surface area contributed by atoms with Crippen molar-refractivity contribution in [1.82, 2.24) is 10.4 Å². The highest BCUT2D eigenvalue weighted by Crippen LogP contribution is 2.37. The molecule has 1 N–H and O–H groups in total. The topological polar surface area (TPSA) is 72.8 Å². The molecule has 1 heterocycles. The average molecular weight is 597 g/mol. The number of aromatic nitrogens is 1. The maximum Gasteiger partial charge on any atom is 0.250 e. The summed E-state index contributed by atoms with van der Waals surface area (Å²) in [5.41, 5.74) is 5.19. The van der Waals surface area contributed by atoms with Crippen molar-refractivity contribution in [2.75, 3.05) is 19.0 Å². The summed E-state index contributed by atoms with van der Waals surface area (Å²) in [4.78, 5) is 16.8. The minimum Gasteiger partial charge on any atom is -0.490 e. The highest BCUT2D eigenvalue weighted by Gasteiger charge is 2.13. The number of hydrazone groups is 1. The van der Waals surface area contributed by atoms with Crippen LogP contribution in [0, 0.1) is 5.92 Å². The van der Waals surface area contributed by atoms with Gasteiger partial charge in [-0.05, 0) is 65.0 Å². The minimum atomic E-state index is -0.216. The maximum absolute atomic E-state index is 12.2. The molecule has 1 aromatic heterocycles. The minimum absolute atomic E-state index is 0.210. The zero-order valence-electron chi connectivity index (χ0n) is 19.7. The Hall–Kier alpha value is -2.07. The SMILES string of the molecule is CCOc1cc(/C=N/NC(=O)CSc2nc(-c3ccc(Cl)cc3)cs2)cc(Br)c1OCCC(C)C. The number of carbonyl (C=O) groups excluding carboxylic acids is 1. The van der Waals surface area contributed by atoms with Crippen LogP contribution in [0.25, 0.3) is 11.3 Å². The van der Waals surface area contributed by atoms with E-state index in [1.165, 1.54) is 23.1 Å². The summed E-state index contributed by atoms with van der Waals surface area (Å²) >= 11 is 12.4. The van der Waals surface area contributed by atoms with Crippen molar-refractivity contribution >= 4 is 62.8 Å². The first-order chi connectivity index (χ1) is 16.9. The molecule has 0 radical (unpaired) electrons. The molecule has 3 rings (SSSR count). The van der Waals surface area contributed by atoms with Crippen LogP contribution in [0.2, 0.25) is 5.02 Å². The van der Waals surface area contributed by atoms with Gasteiger partial charge in [0.15, 0.2) is 15.8 Å². The van der Waals surface area contributed by atoms with Crippen LogP contribution in [0.1, 0.15) is 32.8 Å². The second-order valence-electron chi connectivity index (χ2n) is 7.88. The fraction of sp³-hybridized carbons (Fsp3) is 0.320. The summed E-state index contributed by atoms with van der Waals surface area (Å²) < 4.78 is 13.3. The summed E-state index contributed by atoms with van der Waals surface area (Å²) in [6.45, 7) is 7.36. The van der Waals surface area contributed by atoms with Gasteiger partial charge < -0.3 is 9.47 Å². The van der Waals surface area contributed by atoms with Gasteiger partial charge in [0.1, 0.15) is 0 Å². The van der Waals surface area contributed by atoms with Gasteiger partial charge in [-0.3, -0.25) is 4.79 Å². The quantitative estimate of drug-likeness (QED) is 0.135. The highest BCUT2D eigenvalue weighted by molar-refractivity contribution is 9.10. The number of thiazole rings is 1. The average Bonchev–Trinajstić information content (AvgIpc) is 3.29. The van der Waals surface area contributed by atoms with Crippen LogP contribution in [-0.4, -0.2) is 36.1 Å². The van der Waals surface area contributed by atoms with E-state index in [2.05, 4.69) is 45.3 Å². The summed E-state index contributed by atoms with van der Waals surface area (Å²) in [6, 6.07) is 11.2. The summed E-state index contributed by atoms with van der Waals surface area (Å²) in [7, 11) is 0. The number of halogens is 2. The molecule has 3 aromatic rings. The van der Waals surface area contributed by atoms with Gasteiger partial charge in [0, 0.05) is 16.0 Å². The molecule has 0 bridgehead atoms. The molecule has 10 heteroatoms. The van der Waals surface area contributed by atoms with E-state index in [4.69, 9.17) is 21.1 Å². The van der Waals surface area contributed by atoms with Gasteiger partial charge in [-0.1, -0.05) is 49.3 Å². The third-order valence-corrected chi connectivity index (χ3v) is 7.49. The van der Waals surface area contributed by atoms with E-state index < -0.39 is 0 Å². The van der Waals surface area contributed by atoms with Gasteiger partial charge in [0.25, 0.3) is 5.91 Å². The first-order valence-electron chi connectivity index (χ1n) is 11.1. The largest absolute Gasteiger partial charge is 0.490 e. The first-order valence-corrected chi connectivity index (χ1v) is 14.1. The third kappa shape index (κ3) is 8.83. The van der Waals surface area contributed by atoms with Crippen molar-refractivity contribution in [2.24, 2.45) is 11.0 Å². The van der Waals surface area contributed by atoms with Gasteiger partial charge in [-0.25, -0.2) is 10.4 Å². The Labute approximate surface area is 227 Å². The molecule has 35 heavy (non-hydrogen) atoms. The van der Waals surface area contributed by atoms with Crippen LogP contribution in [0.3, 0.4) is 0 Å². The lowest BCUT2D eigenvalue weighted by Gasteiger charge is -2.15. The van der Waals surface area contributed by atoms with E-state index in [9.17, 15) is 4.79 Å². The molecule has 0 aliphatic heterocycles. The number of amides is 1. The predicted octanol–water partition coefficient (Wildman–Crippen LogP) is 7.29. The number of benzene rings is 2. The van der Waals surface area contributed by atoms with E-state index in [1.807, 2.05) is 48.7 Å². The van der Waals surface area contributed by atoms with Crippen LogP contribution >= 0.6 is 50.6 Å². The van der Waals surface area contributed by atoms with Crippen LogP contribution in [0.15, 0.2) is 55.7 Å². The number of ether oxygens (including phenoxy) is 2. The Balaban J connectivity index is 1.53. The number of nitrogens with zero attached hydrogens (tertiary/aromatic N) is 2.